The molecule has 154 valence electrons. The third-order valence-corrected chi connectivity index (χ3v) is 4.17. The first-order chi connectivity index (χ1) is 13.9. The maximum absolute atomic E-state index is 12.2. The fraction of sp³-hybridized carbons (Fsp3) is 0.300. The van der Waals surface area contributed by atoms with E-state index in [0.717, 1.165) is 5.56 Å². The molecule has 1 N–H and O–H groups in total. The van der Waals surface area contributed by atoms with Crippen molar-refractivity contribution in [1.29, 1.82) is 0 Å². The van der Waals surface area contributed by atoms with Crippen molar-refractivity contribution in [2.75, 3.05) is 27.4 Å². The second kappa shape index (κ2) is 10.1. The molecule has 1 amide bonds. The minimum absolute atomic E-state index is 0.157. The molecule has 2 rings (SSSR count). The largest absolute Gasteiger partial charge is 0.493 e. The van der Waals surface area contributed by atoms with Crippen LogP contribution >= 0.6 is 0 Å². The number of ether oxygens (including phenoxy) is 3. The summed E-state index contributed by atoms with van der Waals surface area (Å²) in [5.74, 6) is -0.220. The van der Waals surface area contributed by atoms with Gasteiger partial charge in [-0.2, -0.15) is 0 Å². The number of carbonyl (C=O) groups excluding carboxylic acids is 2. The van der Waals surface area contributed by atoms with Gasteiger partial charge in [-0.3, -0.25) is 14.9 Å². The normalized spacial score (nSPS) is 10.2. The maximum atomic E-state index is 12.2. The zero-order chi connectivity index (χ0) is 21.4. The second-order valence-corrected chi connectivity index (χ2v) is 6.09. The van der Waals surface area contributed by atoms with E-state index >= 15 is 0 Å². The van der Waals surface area contributed by atoms with Crippen LogP contribution in [0.15, 0.2) is 36.4 Å². The van der Waals surface area contributed by atoms with Crippen LogP contribution in [0.25, 0.3) is 0 Å². The zero-order valence-electron chi connectivity index (χ0n) is 16.4. The van der Waals surface area contributed by atoms with Gasteiger partial charge in [-0.25, -0.2) is 4.79 Å². The molecule has 9 nitrogen and oxygen atoms in total. The fourth-order valence-corrected chi connectivity index (χ4v) is 2.71. The molecule has 0 aliphatic carbocycles. The van der Waals surface area contributed by atoms with E-state index in [0.29, 0.717) is 30.0 Å². The van der Waals surface area contributed by atoms with Gasteiger partial charge < -0.3 is 19.5 Å². The van der Waals surface area contributed by atoms with Gasteiger partial charge in [0.1, 0.15) is 5.56 Å². The average molecular weight is 402 g/mol. The molecule has 0 atom stereocenters. The first-order valence-electron chi connectivity index (χ1n) is 8.76. The maximum Gasteiger partial charge on any atom is 0.345 e. The molecular weight excluding hydrogens is 380 g/mol. The van der Waals surface area contributed by atoms with Crippen molar-refractivity contribution in [2.45, 2.75) is 13.3 Å². The quantitative estimate of drug-likeness (QED) is 0.389. The summed E-state index contributed by atoms with van der Waals surface area (Å²) in [7, 11) is 3.08. The van der Waals surface area contributed by atoms with E-state index in [4.69, 9.17) is 14.2 Å². The predicted molar refractivity (Wildman–Crippen MR) is 104 cm³/mol. The van der Waals surface area contributed by atoms with Crippen LogP contribution in [-0.4, -0.2) is 44.2 Å². The van der Waals surface area contributed by atoms with Crippen molar-refractivity contribution >= 4 is 17.6 Å². The SMILES string of the molecule is COc1ccc(CCNC(=O)COC(=O)c2c(C)cccc2[N+](=O)[O-])cc1OC. The highest BCUT2D eigenvalue weighted by Gasteiger charge is 2.24. The average Bonchev–Trinajstić information content (AvgIpc) is 2.71. The van der Waals surface area contributed by atoms with Crippen LogP contribution < -0.4 is 14.8 Å². The van der Waals surface area contributed by atoms with Crippen LogP contribution in [0.3, 0.4) is 0 Å². The molecular formula is C20H22N2O7. The minimum atomic E-state index is -0.912. The van der Waals surface area contributed by atoms with Gasteiger partial charge in [0.2, 0.25) is 0 Å². The molecule has 0 fully saturated rings. The molecule has 2 aromatic carbocycles. The standard InChI is InChI=1S/C20H22N2O7/c1-13-5-4-6-15(22(25)26)19(13)20(24)29-12-18(23)21-10-9-14-7-8-16(27-2)17(11-14)28-3/h4-8,11H,9-10,12H2,1-3H3,(H,21,23). The molecule has 29 heavy (non-hydrogen) atoms. The molecule has 0 bridgehead atoms. The summed E-state index contributed by atoms with van der Waals surface area (Å²) >= 11 is 0. The number of carbonyl (C=O) groups is 2. The van der Waals surface area contributed by atoms with Gasteiger partial charge in [0.15, 0.2) is 18.1 Å². The van der Waals surface area contributed by atoms with Crippen LogP contribution in [0.2, 0.25) is 0 Å². The van der Waals surface area contributed by atoms with Gasteiger partial charge in [-0.05, 0) is 36.6 Å². The number of aryl methyl sites for hydroxylation is 1. The zero-order valence-corrected chi connectivity index (χ0v) is 16.4. The lowest BCUT2D eigenvalue weighted by Crippen LogP contribution is -2.30. The summed E-state index contributed by atoms with van der Waals surface area (Å²) < 4.78 is 15.3. The summed E-state index contributed by atoms with van der Waals surface area (Å²) in [6.07, 6.45) is 0.531. The van der Waals surface area contributed by atoms with Crippen molar-refractivity contribution in [1.82, 2.24) is 5.32 Å². The van der Waals surface area contributed by atoms with E-state index in [2.05, 4.69) is 5.32 Å². The highest BCUT2D eigenvalue weighted by atomic mass is 16.6. The molecule has 0 aromatic heterocycles. The molecule has 0 unspecified atom stereocenters. The van der Waals surface area contributed by atoms with E-state index in [-0.39, 0.29) is 11.3 Å². The van der Waals surface area contributed by atoms with E-state index < -0.39 is 23.4 Å². The summed E-state index contributed by atoms with van der Waals surface area (Å²) in [6, 6.07) is 9.69. The molecule has 0 heterocycles. The Morgan fingerprint density at radius 2 is 1.83 bits per heavy atom. The Labute approximate surface area is 167 Å². The Hall–Kier alpha value is -3.62. The molecule has 0 saturated heterocycles. The molecule has 0 aliphatic heterocycles. The lowest BCUT2D eigenvalue weighted by atomic mass is 10.1. The number of nitro groups is 1. The number of nitrogens with one attached hydrogen (secondary N) is 1. The third-order valence-electron chi connectivity index (χ3n) is 4.17. The van der Waals surface area contributed by atoms with Gasteiger partial charge >= 0.3 is 5.97 Å². The number of rotatable bonds is 9. The van der Waals surface area contributed by atoms with Gasteiger partial charge in [0, 0.05) is 12.6 Å². The van der Waals surface area contributed by atoms with Crippen molar-refractivity contribution in [2.24, 2.45) is 0 Å². The number of benzene rings is 2. The van der Waals surface area contributed by atoms with E-state index in [1.54, 1.807) is 26.2 Å². The summed E-state index contributed by atoms with van der Waals surface area (Å²) in [5.41, 5.74) is 0.813. The van der Waals surface area contributed by atoms with Crippen LogP contribution in [0.4, 0.5) is 5.69 Å². The summed E-state index contributed by atoms with van der Waals surface area (Å²) in [5, 5.41) is 13.7. The Morgan fingerprint density at radius 3 is 2.48 bits per heavy atom. The number of nitro benzene ring substituents is 1. The molecule has 0 radical (unpaired) electrons. The topological polar surface area (TPSA) is 117 Å². The molecule has 0 aliphatic rings. The molecule has 0 spiro atoms. The lowest BCUT2D eigenvalue weighted by Gasteiger charge is -2.10. The van der Waals surface area contributed by atoms with Crippen molar-refractivity contribution in [3.05, 3.63) is 63.2 Å². The van der Waals surface area contributed by atoms with Crippen molar-refractivity contribution < 1.29 is 28.7 Å². The second-order valence-electron chi connectivity index (χ2n) is 6.09. The van der Waals surface area contributed by atoms with E-state index in [9.17, 15) is 19.7 Å². The fourth-order valence-electron chi connectivity index (χ4n) is 2.71. The summed E-state index contributed by atoms with van der Waals surface area (Å²) in [6.45, 7) is 1.35. The van der Waals surface area contributed by atoms with Crippen LogP contribution in [0, 0.1) is 17.0 Å². The minimum Gasteiger partial charge on any atom is -0.493 e. The van der Waals surface area contributed by atoms with Gasteiger partial charge in [0.25, 0.3) is 11.6 Å². The number of amides is 1. The number of nitrogens with zero attached hydrogens (tertiary/aromatic N) is 1. The van der Waals surface area contributed by atoms with Gasteiger partial charge in [-0.15, -0.1) is 0 Å². The monoisotopic (exact) mass is 402 g/mol. The smallest absolute Gasteiger partial charge is 0.345 e. The molecule has 9 heteroatoms. The van der Waals surface area contributed by atoms with Crippen LogP contribution in [0.1, 0.15) is 21.5 Å². The highest BCUT2D eigenvalue weighted by Crippen LogP contribution is 2.27. The lowest BCUT2D eigenvalue weighted by molar-refractivity contribution is -0.385. The molecule has 0 saturated carbocycles. The summed E-state index contributed by atoms with van der Waals surface area (Å²) in [4.78, 5) is 34.5. The first kappa shape index (κ1) is 21.7. The Kier molecular flexibility index (Phi) is 7.53. The molecule has 2 aromatic rings. The van der Waals surface area contributed by atoms with Crippen molar-refractivity contribution in [3.8, 4) is 11.5 Å². The number of esters is 1. The Balaban J connectivity index is 1.87. The van der Waals surface area contributed by atoms with Gasteiger partial charge in [0.05, 0.1) is 19.1 Å². The predicted octanol–water partition coefficient (Wildman–Crippen LogP) is 2.44. The van der Waals surface area contributed by atoms with E-state index in [1.165, 1.54) is 19.2 Å². The third kappa shape index (κ3) is 5.68. The number of hydrogen-bond donors (Lipinski definition) is 1. The number of hydrogen-bond acceptors (Lipinski definition) is 7. The highest BCUT2D eigenvalue weighted by molar-refractivity contribution is 5.96. The van der Waals surface area contributed by atoms with Gasteiger partial charge in [-0.1, -0.05) is 18.2 Å². The van der Waals surface area contributed by atoms with E-state index in [1.807, 2.05) is 12.1 Å². The van der Waals surface area contributed by atoms with Crippen LogP contribution in [0.5, 0.6) is 11.5 Å². The Bertz CT molecular complexity index is 912. The number of methoxy groups -OCH3 is 2. The van der Waals surface area contributed by atoms with Crippen LogP contribution in [-0.2, 0) is 16.0 Å². The Morgan fingerprint density at radius 1 is 1.10 bits per heavy atom. The van der Waals surface area contributed by atoms with Crippen molar-refractivity contribution in [3.63, 3.8) is 0 Å². The first-order valence-corrected chi connectivity index (χ1v) is 8.76.